The van der Waals surface area contributed by atoms with Gasteiger partial charge in [-0.1, -0.05) is 0 Å². The van der Waals surface area contributed by atoms with Crippen molar-refractivity contribution in [1.82, 2.24) is 4.90 Å². The first-order chi connectivity index (χ1) is 3.30. The summed E-state index contributed by atoms with van der Waals surface area (Å²) in [7, 11) is 0. The predicted octanol–water partition coefficient (Wildman–Crippen LogP) is -0.220. The Kier molecular flexibility index (Phi) is 0.982. The summed E-state index contributed by atoms with van der Waals surface area (Å²) in [6.45, 7) is 2.49. The average Bonchev–Trinajstić information content (AvgIpc) is 1.23. The van der Waals surface area contributed by atoms with Crippen molar-refractivity contribution in [2.24, 2.45) is 0 Å². The second kappa shape index (κ2) is 1.50. The molecule has 3 heteroatoms. The third kappa shape index (κ3) is 0.718. The number of hydrogen-bond acceptors (Lipinski definition) is 2. The van der Waals surface area contributed by atoms with Crippen LogP contribution < -0.4 is 0 Å². The van der Waals surface area contributed by atoms with E-state index >= 15 is 0 Å². The summed E-state index contributed by atoms with van der Waals surface area (Å²) in [5.74, 6) is 0.0891. The Balaban J connectivity index is 2.27. The summed E-state index contributed by atoms with van der Waals surface area (Å²) in [5, 5.41) is 0. The molecule has 3 nitrogen and oxygen atoms in total. The van der Waals surface area contributed by atoms with Crippen molar-refractivity contribution >= 4 is 5.91 Å². The molecule has 1 fully saturated rings. The molecule has 0 atom stereocenters. The van der Waals surface area contributed by atoms with E-state index in [0.29, 0.717) is 13.5 Å². The van der Waals surface area contributed by atoms with E-state index in [1.807, 2.05) is 0 Å². The molecule has 1 heterocycles. The average molecular weight is 101 g/mol. The lowest BCUT2D eigenvalue weighted by Gasteiger charge is -2.29. The zero-order chi connectivity index (χ0) is 5.28. The molecule has 0 aromatic heterocycles. The van der Waals surface area contributed by atoms with Gasteiger partial charge in [0.25, 0.3) is 0 Å². The van der Waals surface area contributed by atoms with Crippen LogP contribution in [0.25, 0.3) is 0 Å². The lowest BCUT2D eigenvalue weighted by atomic mass is 10.6. The van der Waals surface area contributed by atoms with Gasteiger partial charge < -0.3 is 4.74 Å². The molecule has 0 N–H and O–H groups in total. The number of hydrogen-bond donors (Lipinski definition) is 0. The van der Waals surface area contributed by atoms with Crippen LogP contribution in [0.15, 0.2) is 0 Å². The van der Waals surface area contributed by atoms with Gasteiger partial charge in [0.15, 0.2) is 0 Å². The van der Waals surface area contributed by atoms with Crippen LogP contribution in [0.2, 0.25) is 0 Å². The van der Waals surface area contributed by atoms with Crippen LogP contribution in [0.1, 0.15) is 6.92 Å². The number of carbonyl (C=O) groups is 1. The summed E-state index contributed by atoms with van der Waals surface area (Å²) in [4.78, 5) is 11.9. The Hall–Kier alpha value is -0.570. The molecular formula is C4H7NO2. The van der Waals surface area contributed by atoms with Gasteiger partial charge >= 0.3 is 0 Å². The molecule has 0 unspecified atom stereocenters. The van der Waals surface area contributed by atoms with Crippen LogP contribution in [0, 0.1) is 0 Å². The van der Waals surface area contributed by atoms with Crippen LogP contribution in [-0.4, -0.2) is 24.3 Å². The SMILES string of the molecule is CC(=O)N1COC1. The van der Waals surface area contributed by atoms with E-state index in [1.165, 1.54) is 6.92 Å². The Morgan fingerprint density at radius 1 is 1.71 bits per heavy atom. The fourth-order valence-electron chi connectivity index (χ4n) is 0.364. The number of rotatable bonds is 0. The van der Waals surface area contributed by atoms with E-state index in [4.69, 9.17) is 4.74 Å². The Morgan fingerprint density at radius 2 is 2.29 bits per heavy atom. The minimum absolute atomic E-state index is 0.0891. The van der Waals surface area contributed by atoms with Crippen molar-refractivity contribution in [3.63, 3.8) is 0 Å². The molecule has 0 aromatic carbocycles. The van der Waals surface area contributed by atoms with Crippen molar-refractivity contribution in [2.45, 2.75) is 6.92 Å². The van der Waals surface area contributed by atoms with E-state index in [0.717, 1.165) is 0 Å². The molecule has 0 aliphatic carbocycles. The van der Waals surface area contributed by atoms with Crippen LogP contribution in [0.5, 0.6) is 0 Å². The molecule has 0 saturated carbocycles. The minimum atomic E-state index is 0.0891. The van der Waals surface area contributed by atoms with E-state index in [-0.39, 0.29) is 5.91 Å². The summed E-state index contributed by atoms with van der Waals surface area (Å²) in [6, 6.07) is 0. The Bertz CT molecular complexity index is 87.7. The minimum Gasteiger partial charge on any atom is -0.340 e. The molecule has 40 valence electrons. The standard InChI is InChI=1S/C4H7NO2/c1-4(6)5-2-7-3-5/h2-3H2,1H3. The van der Waals surface area contributed by atoms with Crippen molar-refractivity contribution < 1.29 is 9.53 Å². The highest BCUT2D eigenvalue weighted by Crippen LogP contribution is 1.99. The van der Waals surface area contributed by atoms with Gasteiger partial charge in [0, 0.05) is 6.92 Å². The van der Waals surface area contributed by atoms with Crippen LogP contribution >= 0.6 is 0 Å². The van der Waals surface area contributed by atoms with E-state index in [2.05, 4.69) is 0 Å². The zero-order valence-electron chi connectivity index (χ0n) is 4.18. The largest absolute Gasteiger partial charge is 0.340 e. The van der Waals surface area contributed by atoms with Crippen LogP contribution in [0.4, 0.5) is 0 Å². The van der Waals surface area contributed by atoms with Gasteiger partial charge in [-0.05, 0) is 0 Å². The third-order valence-corrected chi connectivity index (χ3v) is 0.940. The fourth-order valence-corrected chi connectivity index (χ4v) is 0.364. The number of carbonyl (C=O) groups excluding carboxylic acids is 1. The predicted molar refractivity (Wildman–Crippen MR) is 23.3 cm³/mol. The smallest absolute Gasteiger partial charge is 0.223 e. The molecule has 1 amide bonds. The van der Waals surface area contributed by atoms with E-state index in [9.17, 15) is 4.79 Å². The van der Waals surface area contributed by atoms with Crippen LogP contribution in [0.3, 0.4) is 0 Å². The summed E-state index contributed by atoms with van der Waals surface area (Å²) in [6.07, 6.45) is 0. The molecular weight excluding hydrogens is 94.0 g/mol. The highest BCUT2D eigenvalue weighted by molar-refractivity contribution is 5.73. The number of ether oxygens (including phenoxy) is 1. The highest BCUT2D eigenvalue weighted by atomic mass is 16.5. The molecule has 1 rings (SSSR count). The zero-order valence-corrected chi connectivity index (χ0v) is 4.18. The van der Waals surface area contributed by atoms with Gasteiger partial charge in [-0.2, -0.15) is 0 Å². The van der Waals surface area contributed by atoms with Gasteiger partial charge in [-0.15, -0.1) is 0 Å². The molecule has 7 heavy (non-hydrogen) atoms. The van der Waals surface area contributed by atoms with Crippen molar-refractivity contribution in [3.8, 4) is 0 Å². The molecule has 1 saturated heterocycles. The van der Waals surface area contributed by atoms with Crippen LogP contribution in [-0.2, 0) is 9.53 Å². The quantitative estimate of drug-likeness (QED) is 0.422. The monoisotopic (exact) mass is 101 g/mol. The normalized spacial score (nSPS) is 18.7. The Labute approximate surface area is 41.9 Å². The topological polar surface area (TPSA) is 29.5 Å². The molecule has 0 aromatic rings. The number of nitrogens with zero attached hydrogens (tertiary/aromatic N) is 1. The second-order valence-electron chi connectivity index (χ2n) is 1.52. The molecule has 0 bridgehead atoms. The first-order valence-corrected chi connectivity index (χ1v) is 2.14. The number of amides is 1. The first-order valence-electron chi connectivity index (χ1n) is 2.14. The second-order valence-corrected chi connectivity index (χ2v) is 1.52. The maximum atomic E-state index is 10.3. The first kappa shape index (κ1) is 4.59. The maximum Gasteiger partial charge on any atom is 0.223 e. The molecule has 1 aliphatic rings. The lowest BCUT2D eigenvalue weighted by Crippen LogP contribution is -2.42. The van der Waals surface area contributed by atoms with Gasteiger partial charge in [0.1, 0.15) is 13.5 Å². The molecule has 1 aliphatic heterocycles. The Morgan fingerprint density at radius 3 is 2.29 bits per heavy atom. The third-order valence-electron chi connectivity index (χ3n) is 0.940. The van der Waals surface area contributed by atoms with E-state index in [1.54, 1.807) is 4.90 Å². The van der Waals surface area contributed by atoms with Gasteiger partial charge in [-0.3, -0.25) is 9.69 Å². The highest BCUT2D eigenvalue weighted by Gasteiger charge is 2.15. The summed E-state index contributed by atoms with van der Waals surface area (Å²) < 4.78 is 4.70. The van der Waals surface area contributed by atoms with Crippen molar-refractivity contribution in [1.29, 1.82) is 0 Å². The summed E-state index contributed by atoms with van der Waals surface area (Å²) in [5.41, 5.74) is 0. The molecule has 0 radical (unpaired) electrons. The maximum absolute atomic E-state index is 10.3. The molecule has 0 spiro atoms. The van der Waals surface area contributed by atoms with Gasteiger partial charge in [-0.25, -0.2) is 0 Å². The van der Waals surface area contributed by atoms with Gasteiger partial charge in [0.05, 0.1) is 0 Å². The van der Waals surface area contributed by atoms with Gasteiger partial charge in [0.2, 0.25) is 5.91 Å². The summed E-state index contributed by atoms with van der Waals surface area (Å²) >= 11 is 0. The van der Waals surface area contributed by atoms with E-state index < -0.39 is 0 Å². The van der Waals surface area contributed by atoms with Crippen molar-refractivity contribution in [2.75, 3.05) is 13.5 Å². The lowest BCUT2D eigenvalue weighted by molar-refractivity contribution is -0.173. The van der Waals surface area contributed by atoms with Crippen molar-refractivity contribution in [3.05, 3.63) is 0 Å². The fraction of sp³-hybridized carbons (Fsp3) is 0.750.